The van der Waals surface area contributed by atoms with Gasteiger partial charge in [0.25, 0.3) is 0 Å². The molecule has 0 aliphatic heterocycles. The Balaban J connectivity index is 1.71. The number of ether oxygens (including phenoxy) is 2. The van der Waals surface area contributed by atoms with Gasteiger partial charge in [0.05, 0.1) is 6.61 Å². The topological polar surface area (TPSA) is 18.5 Å². The van der Waals surface area contributed by atoms with E-state index in [9.17, 15) is 13.2 Å². The van der Waals surface area contributed by atoms with E-state index in [1.54, 1.807) is 13.0 Å². The molecule has 24 heavy (non-hydrogen) atoms. The van der Waals surface area contributed by atoms with Gasteiger partial charge in [0.1, 0.15) is 0 Å². The van der Waals surface area contributed by atoms with Crippen LogP contribution in [0.3, 0.4) is 0 Å². The van der Waals surface area contributed by atoms with Crippen LogP contribution in [0.15, 0.2) is 24.3 Å². The fourth-order valence-electron chi connectivity index (χ4n) is 2.64. The van der Waals surface area contributed by atoms with Crippen LogP contribution in [0.5, 0.6) is 11.5 Å². The first-order chi connectivity index (χ1) is 11.4. The Hall–Kier alpha value is -1.65. The summed E-state index contributed by atoms with van der Waals surface area (Å²) < 4.78 is 48.1. The number of allylic oxidation sites excluding steroid dienone is 2. The molecule has 0 heterocycles. The summed E-state index contributed by atoms with van der Waals surface area (Å²) in [7, 11) is 0. The van der Waals surface area contributed by atoms with E-state index in [1.807, 2.05) is 6.07 Å². The summed E-state index contributed by atoms with van der Waals surface area (Å²) in [6.45, 7) is 2.13. The predicted octanol–water partition coefficient (Wildman–Crippen LogP) is 5.58. The van der Waals surface area contributed by atoms with Gasteiger partial charge in [-0.15, -0.1) is 13.2 Å². The normalized spacial score (nSPS) is 18.2. The monoisotopic (exact) mass is 340 g/mol. The molecule has 0 bridgehead atoms. The van der Waals surface area contributed by atoms with Gasteiger partial charge in [0.15, 0.2) is 11.5 Å². The van der Waals surface area contributed by atoms with Gasteiger partial charge in [0.2, 0.25) is 0 Å². The quantitative estimate of drug-likeness (QED) is 0.575. The second-order valence-corrected chi connectivity index (χ2v) is 6.78. The first-order valence-electron chi connectivity index (χ1n) is 8.60. The van der Waals surface area contributed by atoms with E-state index < -0.39 is 6.36 Å². The van der Waals surface area contributed by atoms with Crippen molar-refractivity contribution in [2.45, 2.75) is 51.8 Å². The molecule has 2 saturated carbocycles. The van der Waals surface area contributed by atoms with Gasteiger partial charge >= 0.3 is 6.36 Å². The first kappa shape index (κ1) is 17.2. The molecule has 0 atom stereocenters. The molecule has 3 rings (SSSR count). The zero-order valence-electron chi connectivity index (χ0n) is 13.9. The Morgan fingerprint density at radius 1 is 1.17 bits per heavy atom. The van der Waals surface area contributed by atoms with Crippen LogP contribution < -0.4 is 9.47 Å². The molecule has 2 nitrogen and oxygen atoms in total. The van der Waals surface area contributed by atoms with E-state index in [1.165, 1.54) is 12.8 Å². The SMILES string of the molecule is Cc1c(CC/C=C/C2CC2)ccc(OCC2CC2)c1OC(F)(F)F. The summed E-state index contributed by atoms with van der Waals surface area (Å²) in [4.78, 5) is 0. The third-order valence-electron chi connectivity index (χ3n) is 4.48. The maximum atomic E-state index is 12.8. The fraction of sp³-hybridized carbons (Fsp3) is 0.579. The summed E-state index contributed by atoms with van der Waals surface area (Å²) in [6.07, 6.45) is 5.82. The molecular formula is C19H23F3O2. The number of hydrogen-bond donors (Lipinski definition) is 0. The summed E-state index contributed by atoms with van der Waals surface area (Å²) in [5.74, 6) is 1.19. The van der Waals surface area contributed by atoms with Crippen molar-refractivity contribution in [3.63, 3.8) is 0 Å². The minimum atomic E-state index is -4.72. The van der Waals surface area contributed by atoms with E-state index >= 15 is 0 Å². The molecule has 0 aromatic heterocycles. The summed E-state index contributed by atoms with van der Waals surface area (Å²) in [6, 6.07) is 3.46. The molecule has 0 amide bonds. The van der Waals surface area contributed by atoms with Crippen LogP contribution >= 0.6 is 0 Å². The Kier molecular flexibility index (Phi) is 5.07. The zero-order valence-corrected chi connectivity index (χ0v) is 13.9. The van der Waals surface area contributed by atoms with Crippen LogP contribution in [-0.4, -0.2) is 13.0 Å². The molecule has 0 saturated heterocycles. The Labute approximate surface area is 140 Å². The molecule has 0 spiro atoms. The second kappa shape index (κ2) is 7.08. The largest absolute Gasteiger partial charge is 0.573 e. The van der Waals surface area contributed by atoms with Gasteiger partial charge in [-0.1, -0.05) is 18.2 Å². The highest BCUT2D eigenvalue weighted by Crippen LogP contribution is 2.39. The number of halogens is 3. The molecule has 1 aromatic rings. The van der Waals surface area contributed by atoms with Crippen LogP contribution in [0.4, 0.5) is 13.2 Å². The molecule has 2 aliphatic carbocycles. The zero-order chi connectivity index (χ0) is 17.2. The van der Waals surface area contributed by atoms with Crippen molar-refractivity contribution in [2.75, 3.05) is 6.61 Å². The minimum Gasteiger partial charge on any atom is -0.489 e. The van der Waals surface area contributed by atoms with Crippen LogP contribution in [0.25, 0.3) is 0 Å². The Bertz CT molecular complexity index is 599. The van der Waals surface area contributed by atoms with Gasteiger partial charge in [-0.25, -0.2) is 0 Å². The molecule has 0 N–H and O–H groups in total. The summed E-state index contributed by atoms with van der Waals surface area (Å²) in [5.41, 5.74) is 1.38. The number of alkyl halides is 3. The number of hydrogen-bond acceptors (Lipinski definition) is 2. The molecule has 2 fully saturated rings. The molecule has 2 aliphatic rings. The Morgan fingerprint density at radius 3 is 2.54 bits per heavy atom. The number of rotatable bonds is 8. The molecule has 5 heteroatoms. The van der Waals surface area contributed by atoms with Crippen molar-refractivity contribution >= 4 is 0 Å². The fourth-order valence-corrected chi connectivity index (χ4v) is 2.64. The predicted molar refractivity (Wildman–Crippen MR) is 86.3 cm³/mol. The number of benzene rings is 1. The van der Waals surface area contributed by atoms with Gasteiger partial charge in [-0.2, -0.15) is 0 Å². The minimum absolute atomic E-state index is 0.188. The second-order valence-electron chi connectivity index (χ2n) is 6.78. The van der Waals surface area contributed by atoms with Crippen LogP contribution in [0, 0.1) is 18.8 Å². The van der Waals surface area contributed by atoms with Gasteiger partial charge in [0, 0.05) is 0 Å². The third-order valence-corrected chi connectivity index (χ3v) is 4.48. The molecule has 1 aromatic carbocycles. The Morgan fingerprint density at radius 2 is 1.92 bits per heavy atom. The lowest BCUT2D eigenvalue weighted by atomic mass is 10.0. The lowest BCUT2D eigenvalue weighted by Crippen LogP contribution is -2.19. The highest BCUT2D eigenvalue weighted by molar-refractivity contribution is 5.50. The van der Waals surface area contributed by atoms with Gasteiger partial charge < -0.3 is 9.47 Å². The van der Waals surface area contributed by atoms with E-state index in [-0.39, 0.29) is 11.5 Å². The smallest absolute Gasteiger partial charge is 0.489 e. The molecular weight excluding hydrogens is 317 g/mol. The van der Waals surface area contributed by atoms with Crippen LogP contribution in [-0.2, 0) is 6.42 Å². The average Bonchev–Trinajstić information content (AvgIpc) is 3.39. The maximum absolute atomic E-state index is 12.8. The van der Waals surface area contributed by atoms with Gasteiger partial charge in [-0.05, 0) is 74.5 Å². The van der Waals surface area contributed by atoms with E-state index in [4.69, 9.17) is 4.74 Å². The summed E-state index contributed by atoms with van der Waals surface area (Å²) in [5, 5.41) is 0. The average molecular weight is 340 g/mol. The van der Waals surface area contributed by atoms with Crippen molar-refractivity contribution in [3.8, 4) is 11.5 Å². The van der Waals surface area contributed by atoms with E-state index in [2.05, 4.69) is 16.9 Å². The highest BCUT2D eigenvalue weighted by atomic mass is 19.4. The van der Waals surface area contributed by atoms with Crippen molar-refractivity contribution in [1.29, 1.82) is 0 Å². The number of aryl methyl sites for hydroxylation is 1. The summed E-state index contributed by atoms with van der Waals surface area (Å²) >= 11 is 0. The standard InChI is InChI=1S/C19H23F3O2/c1-13-16(5-3-2-4-14-6-7-14)10-11-17(23-12-15-8-9-15)18(13)24-19(20,21)22/h2,4,10-11,14-15H,3,5-9,12H2,1H3/b4-2+. The van der Waals surface area contributed by atoms with Gasteiger partial charge in [-0.3, -0.25) is 0 Å². The van der Waals surface area contributed by atoms with Crippen molar-refractivity contribution in [1.82, 2.24) is 0 Å². The van der Waals surface area contributed by atoms with Crippen LogP contribution in [0.2, 0.25) is 0 Å². The van der Waals surface area contributed by atoms with E-state index in [0.29, 0.717) is 30.4 Å². The first-order valence-corrected chi connectivity index (χ1v) is 8.60. The van der Waals surface area contributed by atoms with Crippen molar-refractivity contribution < 1.29 is 22.6 Å². The van der Waals surface area contributed by atoms with Crippen molar-refractivity contribution in [2.24, 2.45) is 11.8 Å². The highest BCUT2D eigenvalue weighted by Gasteiger charge is 2.34. The van der Waals surface area contributed by atoms with Crippen molar-refractivity contribution in [3.05, 3.63) is 35.4 Å². The third kappa shape index (κ3) is 5.18. The van der Waals surface area contributed by atoms with E-state index in [0.717, 1.165) is 24.8 Å². The lowest BCUT2D eigenvalue weighted by molar-refractivity contribution is -0.275. The maximum Gasteiger partial charge on any atom is 0.573 e. The molecule has 0 radical (unpaired) electrons. The van der Waals surface area contributed by atoms with Crippen LogP contribution in [0.1, 0.15) is 43.2 Å². The molecule has 0 unspecified atom stereocenters. The lowest BCUT2D eigenvalue weighted by Gasteiger charge is -2.18. The molecule has 132 valence electrons.